The van der Waals surface area contributed by atoms with Crippen molar-refractivity contribution in [1.82, 2.24) is 9.47 Å². The number of rotatable bonds is 10. The second-order valence-electron chi connectivity index (χ2n) is 8.36. The molecule has 4 rings (SSSR count). The second-order valence-corrected chi connectivity index (χ2v) is 9.41. The number of non-ortho nitro benzene ring substituents is 1. The first kappa shape index (κ1) is 24.6. The zero-order chi connectivity index (χ0) is 25.3. The lowest BCUT2D eigenvalue weighted by atomic mass is 9.83. The number of ether oxygens (including phenoxy) is 1. The SMILES string of the molecule is C[C@H](OS(=O)(=O)O)[C@@H]1C(=O)N2C(C(=O)OCc3ccc([N+](=O)[O-])cc3)=C(CCn3cccc3)C[C@H]12. The number of benzene rings is 1. The number of fused-ring (bicyclic) bond motifs is 1. The van der Waals surface area contributed by atoms with Gasteiger partial charge in [-0.2, -0.15) is 8.42 Å². The van der Waals surface area contributed by atoms with Gasteiger partial charge in [0.2, 0.25) is 5.91 Å². The Kier molecular flexibility index (Phi) is 6.74. The number of nitro benzene ring substituents is 1. The fourth-order valence-electron chi connectivity index (χ4n) is 4.52. The van der Waals surface area contributed by atoms with E-state index in [-0.39, 0.29) is 18.0 Å². The lowest BCUT2D eigenvalue weighted by molar-refractivity contribution is -0.384. The van der Waals surface area contributed by atoms with Gasteiger partial charge in [0.1, 0.15) is 12.3 Å². The average Bonchev–Trinajstić information content (AvgIpc) is 3.41. The molecule has 0 spiro atoms. The Bertz CT molecular complexity index is 1270. The Hall–Kier alpha value is -3.55. The van der Waals surface area contributed by atoms with Crippen LogP contribution >= 0.6 is 0 Å². The molecule has 0 radical (unpaired) electrons. The summed E-state index contributed by atoms with van der Waals surface area (Å²) in [5, 5.41) is 10.8. The number of amides is 1. The third kappa shape index (κ3) is 5.26. The van der Waals surface area contributed by atoms with Gasteiger partial charge in [-0.25, -0.2) is 8.98 Å². The fraction of sp³-hybridized carbons (Fsp3) is 0.364. The van der Waals surface area contributed by atoms with E-state index < -0.39 is 45.3 Å². The highest BCUT2D eigenvalue weighted by atomic mass is 32.3. The summed E-state index contributed by atoms with van der Waals surface area (Å²) in [6, 6.07) is 8.79. The highest BCUT2D eigenvalue weighted by Gasteiger charge is 2.57. The number of aryl methyl sites for hydroxylation is 1. The van der Waals surface area contributed by atoms with E-state index in [0.29, 0.717) is 30.5 Å². The third-order valence-corrected chi connectivity index (χ3v) is 6.67. The first-order chi connectivity index (χ1) is 16.5. The topological polar surface area (TPSA) is 158 Å². The van der Waals surface area contributed by atoms with E-state index in [0.717, 1.165) is 0 Å². The predicted molar refractivity (Wildman–Crippen MR) is 120 cm³/mol. The molecule has 3 atom stereocenters. The van der Waals surface area contributed by atoms with Crippen LogP contribution in [0.4, 0.5) is 5.69 Å². The lowest BCUT2D eigenvalue weighted by Gasteiger charge is -2.45. The standard InChI is InChI=1S/C22H23N3O9S/c1-14(34-35(30,31)32)19-18-12-16(8-11-23-9-2-3-10-23)20(24(18)21(19)26)22(27)33-13-15-4-6-17(7-5-15)25(28)29/h2-7,9-10,14,18-19H,8,11-13H2,1H3,(H,30,31,32)/t14-,18+,19-/m0/s1. The second kappa shape index (κ2) is 9.60. The van der Waals surface area contributed by atoms with Crippen LogP contribution in [0.25, 0.3) is 0 Å². The molecule has 12 nitrogen and oxygen atoms in total. The smallest absolute Gasteiger partial charge is 0.397 e. The maximum absolute atomic E-state index is 13.1. The van der Waals surface area contributed by atoms with E-state index in [1.807, 2.05) is 29.1 Å². The van der Waals surface area contributed by atoms with Crippen LogP contribution in [0.15, 0.2) is 60.1 Å². The van der Waals surface area contributed by atoms with E-state index in [9.17, 15) is 28.1 Å². The van der Waals surface area contributed by atoms with Crippen LogP contribution < -0.4 is 0 Å². The Morgan fingerprint density at radius 1 is 1.26 bits per heavy atom. The van der Waals surface area contributed by atoms with Crippen molar-refractivity contribution in [2.75, 3.05) is 0 Å². The van der Waals surface area contributed by atoms with Gasteiger partial charge in [0.25, 0.3) is 5.69 Å². The Morgan fingerprint density at radius 3 is 2.51 bits per heavy atom. The van der Waals surface area contributed by atoms with Gasteiger partial charge in [-0.15, -0.1) is 0 Å². The van der Waals surface area contributed by atoms with Gasteiger partial charge in [0, 0.05) is 31.1 Å². The van der Waals surface area contributed by atoms with Gasteiger partial charge in [0.15, 0.2) is 0 Å². The highest BCUT2D eigenvalue weighted by molar-refractivity contribution is 7.80. The first-order valence-corrected chi connectivity index (χ1v) is 12.1. The minimum Gasteiger partial charge on any atom is -0.456 e. The molecular formula is C22H23N3O9S. The molecular weight excluding hydrogens is 482 g/mol. The van der Waals surface area contributed by atoms with E-state index >= 15 is 0 Å². The average molecular weight is 506 g/mol. The van der Waals surface area contributed by atoms with Crippen molar-refractivity contribution < 1.29 is 36.4 Å². The molecule has 1 saturated heterocycles. The van der Waals surface area contributed by atoms with Gasteiger partial charge >= 0.3 is 16.4 Å². The first-order valence-electron chi connectivity index (χ1n) is 10.8. The number of esters is 1. The predicted octanol–water partition coefficient (Wildman–Crippen LogP) is 2.22. The summed E-state index contributed by atoms with van der Waals surface area (Å²) in [6.45, 7) is 1.78. The van der Waals surface area contributed by atoms with Gasteiger partial charge < -0.3 is 14.2 Å². The quantitative estimate of drug-likeness (QED) is 0.168. The molecule has 1 aromatic heterocycles. The van der Waals surface area contributed by atoms with Crippen LogP contribution in [-0.4, -0.2) is 51.4 Å². The third-order valence-electron chi connectivity index (χ3n) is 6.13. The van der Waals surface area contributed by atoms with Crippen LogP contribution in [0, 0.1) is 16.0 Å². The molecule has 1 amide bonds. The van der Waals surface area contributed by atoms with Crippen LogP contribution in [0.3, 0.4) is 0 Å². The Balaban J connectivity index is 1.50. The normalized spacial score (nSPS) is 20.4. The molecule has 1 fully saturated rings. The summed E-state index contributed by atoms with van der Waals surface area (Å²) >= 11 is 0. The van der Waals surface area contributed by atoms with Crippen molar-refractivity contribution in [3.05, 3.63) is 75.7 Å². The molecule has 3 heterocycles. The van der Waals surface area contributed by atoms with Crippen molar-refractivity contribution in [2.24, 2.45) is 5.92 Å². The van der Waals surface area contributed by atoms with Crippen molar-refractivity contribution in [3.63, 3.8) is 0 Å². The summed E-state index contributed by atoms with van der Waals surface area (Å²) in [5.74, 6) is -2.06. The van der Waals surface area contributed by atoms with Gasteiger partial charge in [-0.3, -0.25) is 19.5 Å². The Morgan fingerprint density at radius 2 is 1.91 bits per heavy atom. The van der Waals surface area contributed by atoms with E-state index in [4.69, 9.17) is 9.29 Å². The van der Waals surface area contributed by atoms with E-state index in [1.54, 1.807) is 0 Å². The van der Waals surface area contributed by atoms with E-state index in [1.165, 1.54) is 36.1 Å². The van der Waals surface area contributed by atoms with Crippen LogP contribution in [0.5, 0.6) is 0 Å². The fourth-order valence-corrected chi connectivity index (χ4v) is 5.03. The Labute approximate surface area is 200 Å². The maximum Gasteiger partial charge on any atom is 0.397 e. The number of hydrogen-bond acceptors (Lipinski definition) is 8. The largest absolute Gasteiger partial charge is 0.456 e. The molecule has 0 bridgehead atoms. The summed E-state index contributed by atoms with van der Waals surface area (Å²) < 4.78 is 43.2. The molecule has 13 heteroatoms. The molecule has 0 aliphatic carbocycles. The molecule has 2 aliphatic heterocycles. The number of hydrogen-bond donors (Lipinski definition) is 1. The summed E-state index contributed by atoms with van der Waals surface area (Å²) in [6.07, 6.45) is 3.41. The molecule has 1 aromatic carbocycles. The zero-order valence-corrected chi connectivity index (χ0v) is 19.5. The van der Waals surface area contributed by atoms with Crippen molar-refractivity contribution >= 4 is 28.0 Å². The zero-order valence-electron chi connectivity index (χ0n) is 18.6. The van der Waals surface area contributed by atoms with E-state index in [2.05, 4.69) is 4.18 Å². The van der Waals surface area contributed by atoms with Gasteiger partial charge in [-0.05, 0) is 55.2 Å². The van der Waals surface area contributed by atoms with Crippen molar-refractivity contribution in [2.45, 2.75) is 45.1 Å². The van der Waals surface area contributed by atoms with Crippen LogP contribution in [0.1, 0.15) is 25.3 Å². The molecule has 0 unspecified atom stereocenters. The highest BCUT2D eigenvalue weighted by Crippen LogP contribution is 2.45. The molecule has 1 N–H and O–H groups in total. The number of aromatic nitrogens is 1. The minimum atomic E-state index is -4.75. The minimum absolute atomic E-state index is 0.0906. The lowest BCUT2D eigenvalue weighted by Crippen LogP contribution is -2.62. The molecule has 2 aliphatic rings. The number of carbonyl (C=O) groups excluding carboxylic acids is 2. The molecule has 186 valence electrons. The molecule has 35 heavy (non-hydrogen) atoms. The molecule has 2 aromatic rings. The summed E-state index contributed by atoms with van der Waals surface area (Å²) in [7, 11) is -4.75. The number of nitrogens with zero attached hydrogens (tertiary/aromatic N) is 3. The summed E-state index contributed by atoms with van der Waals surface area (Å²) in [5.41, 5.74) is 1.25. The van der Waals surface area contributed by atoms with Crippen LogP contribution in [0.2, 0.25) is 0 Å². The van der Waals surface area contributed by atoms with Crippen molar-refractivity contribution in [1.29, 1.82) is 0 Å². The monoisotopic (exact) mass is 505 g/mol. The maximum atomic E-state index is 13.1. The molecule has 0 saturated carbocycles. The summed E-state index contributed by atoms with van der Waals surface area (Å²) in [4.78, 5) is 37.5. The van der Waals surface area contributed by atoms with Crippen molar-refractivity contribution in [3.8, 4) is 0 Å². The number of β-lactam (4-membered cyclic amide) rings is 1. The number of carbonyl (C=O) groups is 2. The van der Waals surface area contributed by atoms with Crippen LogP contribution in [-0.2, 0) is 42.1 Å². The number of nitro groups is 1. The van der Waals surface area contributed by atoms with Gasteiger partial charge in [-0.1, -0.05) is 0 Å². The van der Waals surface area contributed by atoms with Gasteiger partial charge in [0.05, 0.1) is 23.0 Å².